The summed E-state index contributed by atoms with van der Waals surface area (Å²) in [7, 11) is 2.15. The highest BCUT2D eigenvalue weighted by molar-refractivity contribution is 7.97. The van der Waals surface area contributed by atoms with E-state index in [-0.39, 0.29) is 5.54 Å². The number of aromatic nitrogens is 1. The molecule has 20 heavy (non-hydrogen) atoms. The lowest BCUT2D eigenvalue weighted by Crippen LogP contribution is -2.34. The normalized spacial score (nSPS) is 22.1. The smallest absolute Gasteiger partial charge is 0.127 e. The van der Waals surface area contributed by atoms with Gasteiger partial charge in [-0.2, -0.15) is 0 Å². The van der Waals surface area contributed by atoms with Gasteiger partial charge in [-0.1, -0.05) is 6.07 Å². The maximum atomic E-state index is 5.93. The molecule has 1 saturated heterocycles. The summed E-state index contributed by atoms with van der Waals surface area (Å²) in [4.78, 5) is 6.71. The van der Waals surface area contributed by atoms with Gasteiger partial charge in [0.25, 0.3) is 0 Å². The van der Waals surface area contributed by atoms with Gasteiger partial charge in [-0.15, -0.1) is 0 Å². The van der Waals surface area contributed by atoms with Crippen LogP contribution in [0.2, 0.25) is 0 Å². The molecule has 112 valence electrons. The van der Waals surface area contributed by atoms with Crippen LogP contribution in [0.25, 0.3) is 0 Å². The molecular formula is C14H24N4OS. The van der Waals surface area contributed by atoms with Crippen molar-refractivity contribution in [2.75, 3.05) is 32.1 Å². The van der Waals surface area contributed by atoms with Gasteiger partial charge in [0.2, 0.25) is 0 Å². The van der Waals surface area contributed by atoms with Crippen LogP contribution >= 0.6 is 11.9 Å². The Labute approximate surface area is 125 Å². The Balaban J connectivity index is 1.69. The first kappa shape index (κ1) is 15.6. The summed E-state index contributed by atoms with van der Waals surface area (Å²) in [5.74, 6) is 0.841. The second-order valence-electron chi connectivity index (χ2n) is 5.80. The van der Waals surface area contributed by atoms with Gasteiger partial charge in [-0.3, -0.25) is 10.0 Å². The second-order valence-corrected chi connectivity index (χ2v) is 6.45. The van der Waals surface area contributed by atoms with E-state index in [1.54, 1.807) is 0 Å². The van der Waals surface area contributed by atoms with E-state index in [1.807, 2.05) is 18.2 Å². The standard InChI is InChI=1S/C14H24N4OS/c1-14(2)9-11(10-18(14)3)19-8-7-16-12-5-4-6-13(17-12)20-15/h4-6,11H,7-10,15H2,1-3H3,(H,16,17). The number of hydrogen-bond donors (Lipinski definition) is 2. The number of nitrogens with two attached hydrogens (primary N) is 1. The number of hydrogen-bond acceptors (Lipinski definition) is 6. The zero-order valence-electron chi connectivity index (χ0n) is 12.4. The van der Waals surface area contributed by atoms with E-state index in [9.17, 15) is 0 Å². The number of ether oxygens (including phenoxy) is 1. The van der Waals surface area contributed by atoms with Crippen LogP contribution in [0.3, 0.4) is 0 Å². The Morgan fingerprint density at radius 3 is 3.00 bits per heavy atom. The van der Waals surface area contributed by atoms with E-state index >= 15 is 0 Å². The number of likely N-dealkylation sites (tertiary alicyclic amines) is 1. The molecule has 0 bridgehead atoms. The Kier molecular flexibility index (Phi) is 5.26. The topological polar surface area (TPSA) is 63.4 Å². The highest BCUT2D eigenvalue weighted by atomic mass is 32.2. The van der Waals surface area contributed by atoms with Gasteiger partial charge in [0, 0.05) is 18.6 Å². The van der Waals surface area contributed by atoms with Crippen LogP contribution in [0.5, 0.6) is 0 Å². The molecule has 2 heterocycles. The highest BCUT2D eigenvalue weighted by Gasteiger charge is 2.36. The number of nitrogens with one attached hydrogen (secondary N) is 1. The minimum absolute atomic E-state index is 0.242. The lowest BCUT2D eigenvalue weighted by Gasteiger charge is -2.26. The maximum absolute atomic E-state index is 5.93. The minimum Gasteiger partial charge on any atom is -0.375 e. The fraction of sp³-hybridized carbons (Fsp3) is 0.643. The molecule has 1 aromatic rings. The van der Waals surface area contributed by atoms with E-state index < -0.39 is 0 Å². The van der Waals surface area contributed by atoms with Gasteiger partial charge in [0.05, 0.1) is 12.7 Å². The number of pyridine rings is 1. The van der Waals surface area contributed by atoms with Gasteiger partial charge in [0.1, 0.15) is 10.8 Å². The average Bonchev–Trinajstić information content (AvgIpc) is 2.68. The molecule has 1 fully saturated rings. The van der Waals surface area contributed by atoms with Gasteiger partial charge < -0.3 is 10.1 Å². The van der Waals surface area contributed by atoms with Gasteiger partial charge in [-0.05, 0) is 51.4 Å². The van der Waals surface area contributed by atoms with Crippen LogP contribution in [0.15, 0.2) is 23.2 Å². The van der Waals surface area contributed by atoms with E-state index in [0.29, 0.717) is 12.7 Å². The molecule has 1 aromatic heterocycles. The first-order chi connectivity index (χ1) is 9.51. The highest BCUT2D eigenvalue weighted by Crippen LogP contribution is 2.28. The van der Waals surface area contributed by atoms with Crippen molar-refractivity contribution in [1.82, 2.24) is 9.88 Å². The quantitative estimate of drug-likeness (QED) is 0.618. The van der Waals surface area contributed by atoms with Crippen molar-refractivity contribution in [2.24, 2.45) is 5.14 Å². The molecule has 2 rings (SSSR count). The van der Waals surface area contributed by atoms with E-state index in [2.05, 4.69) is 36.1 Å². The van der Waals surface area contributed by atoms with Crippen LogP contribution in [-0.4, -0.2) is 48.3 Å². The third kappa shape index (κ3) is 4.09. The van der Waals surface area contributed by atoms with E-state index in [0.717, 1.165) is 42.3 Å². The van der Waals surface area contributed by atoms with Gasteiger partial charge in [-0.25, -0.2) is 4.98 Å². The molecule has 0 aliphatic carbocycles. The van der Waals surface area contributed by atoms with E-state index in [1.165, 1.54) is 0 Å². The van der Waals surface area contributed by atoms with Crippen molar-refractivity contribution in [2.45, 2.75) is 36.9 Å². The number of nitrogens with zero attached hydrogens (tertiary/aromatic N) is 2. The second kappa shape index (κ2) is 6.76. The van der Waals surface area contributed by atoms with Crippen LogP contribution in [0, 0.1) is 0 Å². The van der Waals surface area contributed by atoms with Crippen LogP contribution in [0.4, 0.5) is 5.82 Å². The van der Waals surface area contributed by atoms with E-state index in [4.69, 9.17) is 9.88 Å². The molecule has 0 saturated carbocycles. The van der Waals surface area contributed by atoms with Crippen molar-refractivity contribution in [3.05, 3.63) is 18.2 Å². The molecule has 1 atom stereocenters. The first-order valence-electron chi connectivity index (χ1n) is 6.92. The molecule has 1 unspecified atom stereocenters. The fourth-order valence-corrected chi connectivity index (χ4v) is 2.73. The fourth-order valence-electron chi connectivity index (χ4n) is 2.43. The van der Waals surface area contributed by atoms with Crippen molar-refractivity contribution in [3.63, 3.8) is 0 Å². The molecule has 1 aliphatic heterocycles. The number of likely N-dealkylation sites (N-methyl/N-ethyl adjacent to an activating group) is 1. The molecule has 0 spiro atoms. The van der Waals surface area contributed by atoms with Gasteiger partial charge in [0.15, 0.2) is 0 Å². The third-order valence-electron chi connectivity index (χ3n) is 3.84. The number of anilines is 1. The molecular weight excluding hydrogens is 272 g/mol. The van der Waals surface area contributed by atoms with Crippen LogP contribution < -0.4 is 10.5 Å². The van der Waals surface area contributed by atoms with Crippen molar-refractivity contribution in [3.8, 4) is 0 Å². The molecule has 0 radical (unpaired) electrons. The predicted octanol–water partition coefficient (Wildman–Crippen LogP) is 1.96. The average molecular weight is 296 g/mol. The summed E-state index contributed by atoms with van der Waals surface area (Å²) < 4.78 is 5.93. The third-order valence-corrected chi connectivity index (χ3v) is 4.31. The summed E-state index contributed by atoms with van der Waals surface area (Å²) in [6, 6.07) is 5.77. The molecule has 1 aliphatic rings. The Morgan fingerprint density at radius 2 is 2.35 bits per heavy atom. The van der Waals surface area contributed by atoms with Crippen molar-refractivity contribution < 1.29 is 4.74 Å². The Bertz CT molecular complexity index is 441. The Morgan fingerprint density at radius 1 is 1.55 bits per heavy atom. The summed E-state index contributed by atoms with van der Waals surface area (Å²) in [5, 5.41) is 9.56. The molecule has 0 aromatic carbocycles. The van der Waals surface area contributed by atoms with Crippen molar-refractivity contribution in [1.29, 1.82) is 0 Å². The summed E-state index contributed by atoms with van der Waals surface area (Å²) in [5.41, 5.74) is 0.242. The van der Waals surface area contributed by atoms with Gasteiger partial charge >= 0.3 is 0 Å². The lowest BCUT2D eigenvalue weighted by atomic mass is 10.0. The molecule has 5 nitrogen and oxygen atoms in total. The monoisotopic (exact) mass is 296 g/mol. The number of rotatable bonds is 6. The van der Waals surface area contributed by atoms with Crippen LogP contribution in [-0.2, 0) is 4.74 Å². The molecule has 0 amide bonds. The molecule has 3 N–H and O–H groups in total. The first-order valence-corrected chi connectivity index (χ1v) is 7.80. The summed E-state index contributed by atoms with van der Waals surface area (Å²) in [6.45, 7) is 6.97. The van der Waals surface area contributed by atoms with Crippen LogP contribution in [0.1, 0.15) is 20.3 Å². The van der Waals surface area contributed by atoms with Crippen molar-refractivity contribution >= 4 is 17.8 Å². The summed E-state index contributed by atoms with van der Waals surface area (Å²) >= 11 is 1.15. The summed E-state index contributed by atoms with van der Waals surface area (Å²) in [6.07, 6.45) is 1.41. The molecule has 6 heteroatoms. The Hall–Kier alpha value is -0.820. The largest absolute Gasteiger partial charge is 0.375 e. The SMILES string of the molecule is CN1CC(OCCNc2cccc(SN)n2)CC1(C)C. The predicted molar refractivity (Wildman–Crippen MR) is 83.8 cm³/mol. The zero-order valence-corrected chi connectivity index (χ0v) is 13.2. The maximum Gasteiger partial charge on any atom is 0.127 e. The minimum atomic E-state index is 0.242. The lowest BCUT2D eigenvalue weighted by molar-refractivity contribution is 0.0677. The zero-order chi connectivity index (χ0) is 14.6.